The van der Waals surface area contributed by atoms with E-state index in [2.05, 4.69) is 10.6 Å². The molecule has 0 unspecified atom stereocenters. The van der Waals surface area contributed by atoms with Crippen LogP contribution in [-0.2, 0) is 0 Å². The summed E-state index contributed by atoms with van der Waals surface area (Å²) >= 11 is 0. The zero-order valence-electron chi connectivity index (χ0n) is 12.3. The molecule has 1 aromatic carbocycles. The van der Waals surface area contributed by atoms with Crippen LogP contribution < -0.4 is 15.4 Å². The van der Waals surface area contributed by atoms with Crippen molar-refractivity contribution >= 4 is 6.03 Å². The van der Waals surface area contributed by atoms with Crippen LogP contribution in [-0.4, -0.2) is 49.3 Å². The van der Waals surface area contributed by atoms with Gasteiger partial charge in [0.2, 0.25) is 0 Å². The largest absolute Gasteiger partial charge is 0.494 e. The molecule has 2 saturated heterocycles. The summed E-state index contributed by atoms with van der Waals surface area (Å²) in [5.41, 5.74) is 0.00260. The van der Waals surface area contributed by atoms with Gasteiger partial charge in [-0.1, -0.05) is 18.2 Å². The van der Waals surface area contributed by atoms with Crippen molar-refractivity contribution in [1.82, 2.24) is 15.5 Å². The van der Waals surface area contributed by atoms with Gasteiger partial charge < -0.3 is 20.3 Å². The van der Waals surface area contributed by atoms with E-state index in [-0.39, 0.29) is 11.6 Å². The summed E-state index contributed by atoms with van der Waals surface area (Å²) in [7, 11) is 0. The smallest absolute Gasteiger partial charge is 0.317 e. The summed E-state index contributed by atoms with van der Waals surface area (Å²) in [6.45, 7) is 4.21. The molecule has 3 rings (SSSR count). The van der Waals surface area contributed by atoms with E-state index in [9.17, 15) is 4.79 Å². The number of carbonyl (C=O) groups is 1. The summed E-state index contributed by atoms with van der Waals surface area (Å²) in [5, 5.41) is 6.53. The molecule has 0 radical (unpaired) electrons. The maximum atomic E-state index is 12.1. The molecule has 0 saturated carbocycles. The second kappa shape index (κ2) is 6.35. The van der Waals surface area contributed by atoms with Gasteiger partial charge in [-0.15, -0.1) is 0 Å². The molecule has 0 bridgehead atoms. The van der Waals surface area contributed by atoms with Crippen molar-refractivity contribution in [3.63, 3.8) is 0 Å². The fourth-order valence-electron chi connectivity index (χ4n) is 3.11. The lowest BCUT2D eigenvalue weighted by Gasteiger charge is -2.33. The van der Waals surface area contributed by atoms with Gasteiger partial charge in [-0.3, -0.25) is 0 Å². The summed E-state index contributed by atoms with van der Waals surface area (Å²) < 4.78 is 5.67. The number of para-hydroxylation sites is 1. The molecule has 21 heavy (non-hydrogen) atoms. The fourth-order valence-corrected chi connectivity index (χ4v) is 3.11. The van der Waals surface area contributed by atoms with Crippen LogP contribution in [0.3, 0.4) is 0 Å². The van der Waals surface area contributed by atoms with Crippen molar-refractivity contribution < 1.29 is 9.53 Å². The predicted octanol–water partition coefficient (Wildman–Crippen LogP) is 1.60. The third-order valence-electron chi connectivity index (χ3n) is 4.30. The zero-order valence-corrected chi connectivity index (χ0v) is 12.3. The minimum atomic E-state index is 0.00260. The monoisotopic (exact) mass is 289 g/mol. The van der Waals surface area contributed by atoms with Crippen molar-refractivity contribution in [2.45, 2.75) is 24.8 Å². The highest BCUT2D eigenvalue weighted by Crippen LogP contribution is 2.25. The van der Waals surface area contributed by atoms with Crippen LogP contribution in [0.5, 0.6) is 5.75 Å². The van der Waals surface area contributed by atoms with Crippen molar-refractivity contribution in [2.24, 2.45) is 0 Å². The highest BCUT2D eigenvalue weighted by atomic mass is 16.5. The summed E-state index contributed by atoms with van der Waals surface area (Å²) in [6, 6.07) is 9.88. The van der Waals surface area contributed by atoms with Gasteiger partial charge in [0.25, 0.3) is 0 Å². The minimum Gasteiger partial charge on any atom is -0.494 e. The number of hydrogen-bond acceptors (Lipinski definition) is 3. The molecule has 2 heterocycles. The second-order valence-electron chi connectivity index (χ2n) is 5.90. The Morgan fingerprint density at radius 1 is 1.19 bits per heavy atom. The van der Waals surface area contributed by atoms with Gasteiger partial charge >= 0.3 is 6.03 Å². The Kier molecular flexibility index (Phi) is 4.29. The maximum Gasteiger partial charge on any atom is 0.317 e. The van der Waals surface area contributed by atoms with Crippen LogP contribution in [0.1, 0.15) is 19.3 Å². The van der Waals surface area contributed by atoms with E-state index < -0.39 is 0 Å². The maximum absolute atomic E-state index is 12.1. The molecule has 1 aromatic rings. The van der Waals surface area contributed by atoms with Gasteiger partial charge in [-0.25, -0.2) is 4.79 Å². The van der Waals surface area contributed by atoms with E-state index in [0.717, 1.165) is 51.2 Å². The molecule has 0 atom stereocenters. The third kappa shape index (κ3) is 3.47. The van der Waals surface area contributed by atoms with Crippen LogP contribution in [0, 0.1) is 0 Å². The van der Waals surface area contributed by atoms with Crippen molar-refractivity contribution in [1.29, 1.82) is 0 Å². The average Bonchev–Trinajstić information content (AvgIpc) is 2.81. The first kappa shape index (κ1) is 14.2. The lowest BCUT2D eigenvalue weighted by atomic mass is 9.89. The Bertz CT molecular complexity index is 472. The van der Waals surface area contributed by atoms with Crippen LogP contribution in [0.25, 0.3) is 0 Å². The van der Waals surface area contributed by atoms with Crippen LogP contribution >= 0.6 is 0 Å². The molecule has 114 valence electrons. The van der Waals surface area contributed by atoms with E-state index in [4.69, 9.17) is 4.74 Å². The van der Waals surface area contributed by atoms with E-state index in [1.54, 1.807) is 0 Å². The van der Waals surface area contributed by atoms with Gasteiger partial charge in [0, 0.05) is 13.1 Å². The lowest BCUT2D eigenvalue weighted by molar-refractivity contribution is 0.210. The normalized spacial score (nSPS) is 20.6. The van der Waals surface area contributed by atoms with Gasteiger partial charge in [0.15, 0.2) is 0 Å². The quantitative estimate of drug-likeness (QED) is 0.810. The van der Waals surface area contributed by atoms with Gasteiger partial charge in [0.1, 0.15) is 5.75 Å². The predicted molar refractivity (Wildman–Crippen MR) is 81.5 cm³/mol. The summed E-state index contributed by atoms with van der Waals surface area (Å²) in [5.74, 6) is 0.887. The number of benzene rings is 1. The number of nitrogens with zero attached hydrogens (tertiary/aromatic N) is 1. The topological polar surface area (TPSA) is 53.6 Å². The number of rotatable bonds is 5. The molecule has 2 fully saturated rings. The molecule has 2 amide bonds. The first-order chi connectivity index (χ1) is 10.3. The highest BCUT2D eigenvalue weighted by molar-refractivity contribution is 5.78. The number of piperidine rings is 1. The molecule has 0 aromatic heterocycles. The summed E-state index contributed by atoms with van der Waals surface area (Å²) in [6.07, 6.45) is 2.90. The third-order valence-corrected chi connectivity index (χ3v) is 4.30. The number of ether oxygens (including phenoxy) is 1. The van der Waals surface area contributed by atoms with Gasteiger partial charge in [-0.2, -0.15) is 0 Å². The first-order valence-corrected chi connectivity index (χ1v) is 7.73. The van der Waals surface area contributed by atoms with E-state index in [1.165, 1.54) is 0 Å². The fraction of sp³-hybridized carbons (Fsp3) is 0.562. The Balaban J connectivity index is 1.42. The van der Waals surface area contributed by atoms with E-state index >= 15 is 0 Å². The molecule has 0 aliphatic carbocycles. The first-order valence-electron chi connectivity index (χ1n) is 7.73. The van der Waals surface area contributed by atoms with Crippen molar-refractivity contribution in [2.75, 3.05) is 32.8 Å². The van der Waals surface area contributed by atoms with Crippen LogP contribution in [0.15, 0.2) is 30.3 Å². The molecular formula is C16H23N3O2. The Hall–Kier alpha value is -1.75. The molecule has 5 nitrogen and oxygen atoms in total. The summed E-state index contributed by atoms with van der Waals surface area (Å²) in [4.78, 5) is 14.0. The van der Waals surface area contributed by atoms with Crippen molar-refractivity contribution in [3.8, 4) is 5.75 Å². The van der Waals surface area contributed by atoms with Crippen molar-refractivity contribution in [3.05, 3.63) is 30.3 Å². The Morgan fingerprint density at radius 3 is 2.71 bits per heavy atom. The number of urea groups is 1. The average molecular weight is 289 g/mol. The Labute approximate surface area is 125 Å². The molecule has 5 heteroatoms. The number of amides is 2. The second-order valence-corrected chi connectivity index (χ2v) is 5.90. The van der Waals surface area contributed by atoms with Gasteiger partial charge in [0.05, 0.1) is 12.1 Å². The highest BCUT2D eigenvalue weighted by Gasteiger charge is 2.42. The van der Waals surface area contributed by atoms with Crippen LogP contribution in [0.2, 0.25) is 0 Å². The van der Waals surface area contributed by atoms with Crippen LogP contribution in [0.4, 0.5) is 4.79 Å². The molecule has 2 N–H and O–H groups in total. The Morgan fingerprint density at radius 2 is 1.95 bits per heavy atom. The molecule has 2 aliphatic heterocycles. The molecular weight excluding hydrogens is 266 g/mol. The SMILES string of the molecule is O=C1NC2(CCNCC2)CN1CCCOc1ccccc1. The molecule has 2 aliphatic rings. The number of carbonyl (C=O) groups excluding carboxylic acids is 1. The minimum absolute atomic E-state index is 0.00260. The van der Waals surface area contributed by atoms with E-state index in [0.29, 0.717) is 6.61 Å². The zero-order chi connectivity index (χ0) is 14.5. The standard InChI is InChI=1S/C16H23N3O2/c20-15-18-16(7-9-17-10-8-16)13-19(15)11-4-12-21-14-5-2-1-3-6-14/h1-3,5-6,17H,4,7-13H2,(H,18,20). The number of hydrogen-bond donors (Lipinski definition) is 2. The van der Waals surface area contributed by atoms with E-state index in [1.807, 2.05) is 35.2 Å². The number of nitrogens with one attached hydrogen (secondary N) is 2. The molecule has 1 spiro atoms. The van der Waals surface area contributed by atoms with Gasteiger partial charge in [-0.05, 0) is 44.5 Å². The lowest BCUT2D eigenvalue weighted by Crippen LogP contribution is -2.51.